The Morgan fingerprint density at radius 3 is 2.70 bits per heavy atom. The Morgan fingerprint density at radius 2 is 2.03 bits per heavy atom. The molecule has 7 nitrogen and oxygen atoms in total. The fourth-order valence-electron chi connectivity index (χ4n) is 3.71. The Hall–Kier alpha value is -2.74. The fourth-order valence-corrected chi connectivity index (χ4v) is 3.71. The van der Waals surface area contributed by atoms with Gasteiger partial charge in [-0.15, -0.1) is 0 Å². The second-order valence-corrected chi connectivity index (χ2v) is 7.78. The second-order valence-electron chi connectivity index (χ2n) is 7.78. The van der Waals surface area contributed by atoms with Crippen LogP contribution in [-0.2, 0) is 4.79 Å². The Kier molecular flexibility index (Phi) is 7.57. The maximum Gasteiger partial charge on any atom is 0.267 e. The molecule has 2 atom stereocenters. The van der Waals surface area contributed by atoms with Gasteiger partial charge >= 0.3 is 0 Å². The lowest BCUT2D eigenvalue weighted by Crippen LogP contribution is -2.45. The molecule has 2 unspecified atom stereocenters. The number of hydrogen-bond acceptors (Lipinski definition) is 6. The zero-order valence-electron chi connectivity index (χ0n) is 17.9. The first-order valence-corrected chi connectivity index (χ1v) is 10.3. The van der Waals surface area contributed by atoms with Gasteiger partial charge in [-0.3, -0.25) is 15.0 Å². The minimum Gasteiger partial charge on any atom is -0.326 e. The summed E-state index contributed by atoms with van der Waals surface area (Å²) < 4.78 is 0. The lowest BCUT2D eigenvalue weighted by molar-refractivity contribution is -0.124. The van der Waals surface area contributed by atoms with Gasteiger partial charge in [0.05, 0.1) is 12.1 Å². The molecular weight excluding hydrogens is 378 g/mol. The van der Waals surface area contributed by atoms with Crippen LogP contribution in [0.15, 0.2) is 71.4 Å². The molecule has 1 aromatic carbocycles. The van der Waals surface area contributed by atoms with Crippen LogP contribution in [0, 0.1) is 0 Å². The van der Waals surface area contributed by atoms with Gasteiger partial charge < -0.3 is 14.7 Å². The Morgan fingerprint density at radius 1 is 1.27 bits per heavy atom. The molecule has 2 N–H and O–H groups in total. The highest BCUT2D eigenvalue weighted by Crippen LogP contribution is 2.34. The lowest BCUT2D eigenvalue weighted by atomic mass is 9.99. The molecule has 2 aliphatic heterocycles. The van der Waals surface area contributed by atoms with E-state index in [9.17, 15) is 4.79 Å². The molecule has 0 fully saturated rings. The molecule has 0 saturated carbocycles. The smallest absolute Gasteiger partial charge is 0.267 e. The van der Waals surface area contributed by atoms with Crippen LogP contribution in [0.1, 0.15) is 18.5 Å². The van der Waals surface area contributed by atoms with Gasteiger partial charge in [0.1, 0.15) is 5.84 Å². The van der Waals surface area contributed by atoms with Crippen LogP contribution in [-0.4, -0.2) is 78.0 Å². The van der Waals surface area contributed by atoms with E-state index in [1.165, 1.54) is 11.6 Å². The van der Waals surface area contributed by atoms with Crippen molar-refractivity contribution >= 4 is 11.7 Å². The molecule has 0 aliphatic carbocycles. The van der Waals surface area contributed by atoms with Gasteiger partial charge in [-0.05, 0) is 50.0 Å². The summed E-state index contributed by atoms with van der Waals surface area (Å²) in [4.78, 5) is 23.2. The van der Waals surface area contributed by atoms with E-state index >= 15 is 0 Å². The van der Waals surface area contributed by atoms with E-state index in [-0.39, 0.29) is 12.1 Å². The fraction of sp³-hybridized carbons (Fsp3) is 0.391. The van der Waals surface area contributed by atoms with E-state index in [0.29, 0.717) is 0 Å². The van der Waals surface area contributed by atoms with E-state index in [4.69, 9.17) is 10.2 Å². The first-order chi connectivity index (χ1) is 14.5. The number of hydrogen-bond donors (Lipinski definition) is 2. The zero-order valence-corrected chi connectivity index (χ0v) is 17.9. The molecule has 3 rings (SSSR count). The van der Waals surface area contributed by atoms with Gasteiger partial charge in [0, 0.05) is 31.9 Å². The van der Waals surface area contributed by atoms with E-state index in [2.05, 4.69) is 60.0 Å². The number of amidine groups is 1. The number of likely N-dealkylation sites (N-methyl/N-ethyl adjacent to an activating group) is 2. The summed E-state index contributed by atoms with van der Waals surface area (Å²) in [6.45, 7) is 6.12. The highest BCUT2D eigenvalue weighted by Gasteiger charge is 2.37. The first-order valence-electron chi connectivity index (χ1n) is 10.3. The van der Waals surface area contributed by atoms with Crippen molar-refractivity contribution in [2.75, 3.05) is 40.3 Å². The van der Waals surface area contributed by atoms with Crippen molar-refractivity contribution in [1.82, 2.24) is 20.2 Å². The summed E-state index contributed by atoms with van der Waals surface area (Å²) in [5, 5.41) is 8.67. The number of hydroxylamine groups is 1. The molecule has 0 spiro atoms. The third-order valence-electron chi connectivity index (χ3n) is 5.42. The summed E-state index contributed by atoms with van der Waals surface area (Å²) in [7, 11) is 4.20. The van der Waals surface area contributed by atoms with Crippen LogP contribution in [0.4, 0.5) is 0 Å². The van der Waals surface area contributed by atoms with Crippen LogP contribution in [0.2, 0.25) is 0 Å². The molecule has 7 heteroatoms. The Labute approximate surface area is 178 Å². The summed E-state index contributed by atoms with van der Waals surface area (Å²) in [6, 6.07) is 10.6. The summed E-state index contributed by atoms with van der Waals surface area (Å²) in [5.41, 5.74) is 3.67. The molecule has 30 heavy (non-hydrogen) atoms. The maximum atomic E-state index is 11.3. The molecule has 0 radical (unpaired) electrons. The number of allylic oxidation sites excluding steroid dienone is 3. The molecule has 1 amide bonds. The third kappa shape index (κ3) is 5.44. The van der Waals surface area contributed by atoms with Gasteiger partial charge in [0.15, 0.2) is 0 Å². The van der Waals surface area contributed by atoms with Crippen LogP contribution in [0.25, 0.3) is 0 Å². The van der Waals surface area contributed by atoms with Crippen molar-refractivity contribution in [2.24, 2.45) is 4.99 Å². The van der Waals surface area contributed by atoms with E-state index < -0.39 is 5.91 Å². The molecule has 0 saturated heterocycles. The number of nitrogens with one attached hydrogen (secondary N) is 1. The third-order valence-corrected chi connectivity index (χ3v) is 5.42. The zero-order chi connectivity index (χ0) is 21.5. The molecule has 2 aliphatic rings. The van der Waals surface area contributed by atoms with Crippen molar-refractivity contribution in [3.63, 3.8) is 0 Å². The number of aliphatic imine (C=N–C) groups is 1. The summed E-state index contributed by atoms with van der Waals surface area (Å²) in [5.74, 6) is 0.337. The minimum absolute atomic E-state index is 0.0413. The van der Waals surface area contributed by atoms with Gasteiger partial charge in [-0.25, -0.2) is 5.48 Å². The van der Waals surface area contributed by atoms with Gasteiger partial charge in [-0.2, -0.15) is 0 Å². The number of benzene rings is 1. The molecule has 0 aromatic heterocycles. The number of carbonyl (C=O) groups is 1. The van der Waals surface area contributed by atoms with Gasteiger partial charge in [0.2, 0.25) is 0 Å². The molecule has 2 heterocycles. The van der Waals surface area contributed by atoms with Crippen molar-refractivity contribution < 1.29 is 10.0 Å². The molecule has 160 valence electrons. The number of nitrogens with zero attached hydrogens (tertiary/aromatic N) is 4. The van der Waals surface area contributed by atoms with Crippen molar-refractivity contribution in [1.29, 1.82) is 0 Å². The predicted molar refractivity (Wildman–Crippen MR) is 119 cm³/mol. The molecule has 0 bridgehead atoms. The lowest BCUT2D eigenvalue weighted by Gasteiger charge is -2.33. The monoisotopic (exact) mass is 409 g/mol. The van der Waals surface area contributed by atoms with Gasteiger partial charge in [-0.1, -0.05) is 37.3 Å². The van der Waals surface area contributed by atoms with Gasteiger partial charge in [0.25, 0.3) is 5.91 Å². The first kappa shape index (κ1) is 22.0. The second kappa shape index (κ2) is 10.3. The number of carbonyl (C=O) groups excluding carboxylic acids is 1. The number of fused-ring (bicyclic) bond motifs is 1. The number of amides is 1. The topological polar surface area (TPSA) is 71.4 Å². The normalized spacial score (nSPS) is 20.7. The molecule has 1 aromatic rings. The maximum absolute atomic E-state index is 11.3. The van der Waals surface area contributed by atoms with Crippen molar-refractivity contribution in [3.8, 4) is 0 Å². The van der Waals surface area contributed by atoms with Crippen LogP contribution in [0.3, 0.4) is 0 Å². The largest absolute Gasteiger partial charge is 0.326 e. The predicted octanol–water partition coefficient (Wildman–Crippen LogP) is 2.21. The van der Waals surface area contributed by atoms with E-state index in [1.54, 1.807) is 11.6 Å². The van der Waals surface area contributed by atoms with Crippen LogP contribution >= 0.6 is 0 Å². The standard InChI is InChI=1S/C23H31N5O2/c1-4-27(15-14-26(2)3)17-20-23(19-8-6-5-7-9-19)24-21-16-18(12-13-28(20)21)10-11-22(29)25-30/h5-13,16,20,23,30H,4,14-15,17H2,1-3H3,(H,25,29)/b11-10+. The average Bonchev–Trinajstić information content (AvgIpc) is 3.12. The Bertz CT molecular complexity index is 844. The summed E-state index contributed by atoms with van der Waals surface area (Å²) in [6.07, 6.45) is 8.96. The SMILES string of the molecule is CCN(CCN(C)C)CC1C(c2ccccc2)N=C2C=C(/C=C/C(=O)NO)C=CN21. The van der Waals surface area contributed by atoms with Crippen molar-refractivity contribution in [2.45, 2.75) is 19.0 Å². The van der Waals surface area contributed by atoms with Crippen LogP contribution in [0.5, 0.6) is 0 Å². The number of rotatable bonds is 9. The quantitative estimate of drug-likeness (QED) is 0.372. The van der Waals surface area contributed by atoms with E-state index in [1.807, 2.05) is 24.4 Å². The minimum atomic E-state index is -0.556. The van der Waals surface area contributed by atoms with Crippen molar-refractivity contribution in [3.05, 3.63) is 72.0 Å². The van der Waals surface area contributed by atoms with E-state index in [0.717, 1.165) is 37.6 Å². The summed E-state index contributed by atoms with van der Waals surface area (Å²) >= 11 is 0. The highest BCUT2D eigenvalue weighted by molar-refractivity contribution is 5.98. The Balaban J connectivity index is 1.84. The van der Waals surface area contributed by atoms with Crippen LogP contribution < -0.4 is 5.48 Å². The highest BCUT2D eigenvalue weighted by atomic mass is 16.5. The molecular formula is C23H31N5O2. The average molecular weight is 410 g/mol.